The molecule has 0 saturated heterocycles. The molecular formula is C14H32IN3O. The Hall–Kier alpha value is -0.0400. The molecule has 0 rings (SSSR count). The summed E-state index contributed by atoms with van der Waals surface area (Å²) in [6, 6.07) is 0. The van der Waals surface area contributed by atoms with E-state index >= 15 is 0 Å². The Morgan fingerprint density at radius 2 is 1.47 bits per heavy atom. The van der Waals surface area contributed by atoms with E-state index in [0.29, 0.717) is 0 Å². The maximum atomic E-state index is 5.50. The van der Waals surface area contributed by atoms with Crippen LogP contribution in [0.5, 0.6) is 0 Å². The Labute approximate surface area is 136 Å². The molecule has 116 valence electrons. The largest absolute Gasteiger partial charge is 0.381 e. The first-order chi connectivity index (χ1) is 8.85. The summed E-state index contributed by atoms with van der Waals surface area (Å²) in [6.45, 7) is 8.03. The highest BCUT2D eigenvalue weighted by molar-refractivity contribution is 14.0. The van der Waals surface area contributed by atoms with Crippen molar-refractivity contribution in [1.82, 2.24) is 10.6 Å². The van der Waals surface area contributed by atoms with Gasteiger partial charge in [0.25, 0.3) is 0 Å². The molecule has 0 unspecified atom stereocenters. The molecule has 0 fully saturated rings. The molecule has 5 heteroatoms. The highest BCUT2D eigenvalue weighted by Crippen LogP contribution is 1.91. The van der Waals surface area contributed by atoms with Gasteiger partial charge in [-0.2, -0.15) is 0 Å². The van der Waals surface area contributed by atoms with Crippen LogP contribution in [-0.2, 0) is 4.74 Å². The first-order valence-electron chi connectivity index (χ1n) is 7.37. The number of ether oxygens (including phenoxy) is 1. The molecule has 4 nitrogen and oxygen atoms in total. The van der Waals surface area contributed by atoms with Crippen LogP contribution in [0.3, 0.4) is 0 Å². The third-order valence-corrected chi connectivity index (χ3v) is 2.70. The van der Waals surface area contributed by atoms with Crippen LogP contribution in [0, 0.1) is 0 Å². The van der Waals surface area contributed by atoms with Crippen molar-refractivity contribution in [1.29, 1.82) is 0 Å². The SMILES string of the molecule is CCCCCNC(=NC)NCCCOCCCC.I. The van der Waals surface area contributed by atoms with Crippen molar-refractivity contribution in [2.75, 3.05) is 33.4 Å². The van der Waals surface area contributed by atoms with Crippen LogP contribution in [-0.4, -0.2) is 39.3 Å². The highest BCUT2D eigenvalue weighted by Gasteiger charge is 1.96. The number of nitrogens with zero attached hydrogens (tertiary/aromatic N) is 1. The summed E-state index contributed by atoms with van der Waals surface area (Å²) >= 11 is 0. The van der Waals surface area contributed by atoms with Gasteiger partial charge in [-0.3, -0.25) is 4.99 Å². The first-order valence-corrected chi connectivity index (χ1v) is 7.37. The summed E-state index contributed by atoms with van der Waals surface area (Å²) in [6.07, 6.45) is 7.12. The monoisotopic (exact) mass is 385 g/mol. The number of hydrogen-bond acceptors (Lipinski definition) is 2. The summed E-state index contributed by atoms with van der Waals surface area (Å²) < 4.78 is 5.50. The van der Waals surface area contributed by atoms with Crippen LogP contribution in [0.15, 0.2) is 4.99 Å². The second kappa shape index (κ2) is 18.0. The van der Waals surface area contributed by atoms with Crippen molar-refractivity contribution in [3.63, 3.8) is 0 Å². The molecular weight excluding hydrogens is 353 g/mol. The van der Waals surface area contributed by atoms with Crippen molar-refractivity contribution in [3.05, 3.63) is 0 Å². The molecule has 0 aromatic rings. The molecule has 0 atom stereocenters. The highest BCUT2D eigenvalue weighted by atomic mass is 127. The summed E-state index contributed by atoms with van der Waals surface area (Å²) in [5.74, 6) is 0.902. The Morgan fingerprint density at radius 3 is 2.05 bits per heavy atom. The van der Waals surface area contributed by atoms with Gasteiger partial charge in [-0.15, -0.1) is 24.0 Å². The fourth-order valence-corrected chi connectivity index (χ4v) is 1.53. The molecule has 0 aliphatic heterocycles. The average molecular weight is 385 g/mol. The average Bonchev–Trinajstić information content (AvgIpc) is 2.40. The first kappa shape index (κ1) is 21.3. The molecule has 2 N–H and O–H groups in total. The van der Waals surface area contributed by atoms with Gasteiger partial charge in [0.1, 0.15) is 0 Å². The van der Waals surface area contributed by atoms with Crippen LogP contribution >= 0.6 is 24.0 Å². The lowest BCUT2D eigenvalue weighted by Crippen LogP contribution is -2.38. The van der Waals surface area contributed by atoms with Gasteiger partial charge in [0.05, 0.1) is 0 Å². The Morgan fingerprint density at radius 1 is 0.895 bits per heavy atom. The smallest absolute Gasteiger partial charge is 0.190 e. The number of nitrogens with one attached hydrogen (secondary N) is 2. The van der Waals surface area contributed by atoms with E-state index in [0.717, 1.165) is 45.1 Å². The maximum absolute atomic E-state index is 5.50. The number of guanidine groups is 1. The third-order valence-electron chi connectivity index (χ3n) is 2.70. The van der Waals surface area contributed by atoms with E-state index in [1.807, 2.05) is 7.05 Å². The van der Waals surface area contributed by atoms with Gasteiger partial charge in [0.15, 0.2) is 5.96 Å². The fraction of sp³-hybridized carbons (Fsp3) is 0.929. The van der Waals surface area contributed by atoms with Gasteiger partial charge in [0, 0.05) is 33.4 Å². The van der Waals surface area contributed by atoms with Crippen LogP contribution in [0.4, 0.5) is 0 Å². The Kier molecular flexibility index (Phi) is 20.1. The summed E-state index contributed by atoms with van der Waals surface area (Å²) in [7, 11) is 1.81. The van der Waals surface area contributed by atoms with E-state index in [1.54, 1.807) is 0 Å². The van der Waals surface area contributed by atoms with Crippen LogP contribution in [0.2, 0.25) is 0 Å². The van der Waals surface area contributed by atoms with Crippen LogP contribution in [0.1, 0.15) is 52.4 Å². The quantitative estimate of drug-likeness (QED) is 0.249. The van der Waals surface area contributed by atoms with Crippen LogP contribution in [0.25, 0.3) is 0 Å². The molecule has 0 heterocycles. The van der Waals surface area contributed by atoms with Crippen molar-refractivity contribution < 1.29 is 4.74 Å². The molecule has 0 aliphatic carbocycles. The molecule has 19 heavy (non-hydrogen) atoms. The van der Waals surface area contributed by atoms with E-state index in [-0.39, 0.29) is 24.0 Å². The molecule has 0 aromatic heterocycles. The van der Waals surface area contributed by atoms with Crippen LogP contribution < -0.4 is 10.6 Å². The molecule has 0 spiro atoms. The van der Waals surface area contributed by atoms with Gasteiger partial charge in [-0.25, -0.2) is 0 Å². The van der Waals surface area contributed by atoms with Gasteiger partial charge in [0.2, 0.25) is 0 Å². The lowest BCUT2D eigenvalue weighted by molar-refractivity contribution is 0.129. The number of rotatable bonds is 11. The minimum absolute atomic E-state index is 0. The van der Waals surface area contributed by atoms with Crippen molar-refractivity contribution in [3.8, 4) is 0 Å². The van der Waals surface area contributed by atoms with E-state index in [4.69, 9.17) is 4.74 Å². The standard InChI is InChI=1S/C14H31N3O.HI/c1-4-6-8-10-16-14(15-3)17-11-9-13-18-12-7-5-2;/h4-13H2,1-3H3,(H2,15,16,17);1H. The van der Waals surface area contributed by atoms with Crippen molar-refractivity contribution in [2.24, 2.45) is 4.99 Å². The minimum atomic E-state index is 0. The van der Waals surface area contributed by atoms with E-state index in [9.17, 15) is 0 Å². The molecule has 0 saturated carbocycles. The molecule has 0 aliphatic rings. The predicted octanol–water partition coefficient (Wildman–Crippen LogP) is 3.17. The maximum Gasteiger partial charge on any atom is 0.190 e. The lowest BCUT2D eigenvalue weighted by atomic mass is 10.2. The van der Waals surface area contributed by atoms with Gasteiger partial charge >= 0.3 is 0 Å². The summed E-state index contributed by atoms with van der Waals surface area (Å²) in [5, 5.41) is 6.61. The van der Waals surface area contributed by atoms with Gasteiger partial charge in [-0.1, -0.05) is 33.1 Å². The Balaban J connectivity index is 0. The normalized spacial score (nSPS) is 11.0. The zero-order valence-corrected chi connectivity index (χ0v) is 15.2. The number of hydrogen-bond donors (Lipinski definition) is 2. The number of halogens is 1. The van der Waals surface area contributed by atoms with Gasteiger partial charge < -0.3 is 15.4 Å². The van der Waals surface area contributed by atoms with E-state index in [2.05, 4.69) is 29.5 Å². The molecule has 0 aromatic carbocycles. The number of aliphatic imine (C=N–C) groups is 1. The zero-order chi connectivity index (χ0) is 13.5. The van der Waals surface area contributed by atoms with E-state index < -0.39 is 0 Å². The van der Waals surface area contributed by atoms with E-state index in [1.165, 1.54) is 25.7 Å². The van der Waals surface area contributed by atoms with Gasteiger partial charge in [-0.05, 0) is 19.3 Å². The molecule has 0 amide bonds. The summed E-state index contributed by atoms with van der Waals surface area (Å²) in [5.41, 5.74) is 0. The second-order valence-corrected chi connectivity index (χ2v) is 4.45. The topological polar surface area (TPSA) is 45.7 Å². The fourth-order valence-electron chi connectivity index (χ4n) is 1.53. The molecule has 0 radical (unpaired) electrons. The third kappa shape index (κ3) is 15.9. The zero-order valence-electron chi connectivity index (χ0n) is 12.8. The minimum Gasteiger partial charge on any atom is -0.381 e. The van der Waals surface area contributed by atoms with Crippen molar-refractivity contribution >= 4 is 29.9 Å². The predicted molar refractivity (Wildman–Crippen MR) is 94.6 cm³/mol. The summed E-state index contributed by atoms with van der Waals surface area (Å²) in [4.78, 5) is 4.19. The molecule has 0 bridgehead atoms. The second-order valence-electron chi connectivity index (χ2n) is 4.45. The lowest BCUT2D eigenvalue weighted by Gasteiger charge is -2.11. The number of unbranched alkanes of at least 4 members (excludes halogenated alkanes) is 3. The van der Waals surface area contributed by atoms with Crippen molar-refractivity contribution in [2.45, 2.75) is 52.4 Å². The Bertz CT molecular complexity index is 201.